The number of aryl methyl sites for hydroxylation is 1. The van der Waals surface area contributed by atoms with E-state index >= 15 is 0 Å². The Morgan fingerprint density at radius 3 is 2.59 bits per heavy atom. The smallest absolute Gasteiger partial charge is 0.150 e. The van der Waals surface area contributed by atoms with Crippen molar-refractivity contribution in [3.05, 3.63) is 18.1 Å². The number of alkyl halides is 1. The van der Waals surface area contributed by atoms with Crippen LogP contribution in [0.5, 0.6) is 0 Å². The molecule has 1 fully saturated rings. The highest BCUT2D eigenvalue weighted by molar-refractivity contribution is 9.09. The van der Waals surface area contributed by atoms with Crippen LogP contribution in [0.4, 0.5) is 5.82 Å². The largest absolute Gasteiger partial charge is 0.351 e. The molecular weight excluding hydrogens is 278 g/mol. The maximum absolute atomic E-state index is 4.52. The Balaban J connectivity index is 2.18. The van der Waals surface area contributed by atoms with Crippen molar-refractivity contribution in [1.82, 2.24) is 9.97 Å². The van der Waals surface area contributed by atoms with Crippen LogP contribution in [0.2, 0.25) is 0 Å². The molecule has 0 unspecified atom stereocenters. The summed E-state index contributed by atoms with van der Waals surface area (Å²) in [5, 5.41) is 0.986. The van der Waals surface area contributed by atoms with E-state index in [0.29, 0.717) is 6.04 Å². The number of hydrogen-bond acceptors (Lipinski definition) is 3. The molecule has 0 radical (unpaired) electrons. The van der Waals surface area contributed by atoms with Crippen LogP contribution in [-0.2, 0) is 0 Å². The van der Waals surface area contributed by atoms with Gasteiger partial charge in [-0.05, 0) is 19.8 Å². The lowest BCUT2D eigenvalue weighted by atomic mass is 9.94. The van der Waals surface area contributed by atoms with Gasteiger partial charge in [0.05, 0.1) is 5.69 Å². The Morgan fingerprint density at radius 2 is 1.94 bits per heavy atom. The van der Waals surface area contributed by atoms with Gasteiger partial charge in [0.2, 0.25) is 0 Å². The summed E-state index contributed by atoms with van der Waals surface area (Å²) in [5.41, 5.74) is 1.04. The molecule has 0 aliphatic heterocycles. The molecule has 1 heterocycles. The fraction of sp³-hybridized carbons (Fsp3) is 0.692. The number of nitrogens with zero attached hydrogens (tertiary/aromatic N) is 3. The Labute approximate surface area is 112 Å². The monoisotopic (exact) mass is 297 g/mol. The van der Waals surface area contributed by atoms with Crippen LogP contribution in [0, 0.1) is 6.92 Å². The minimum atomic E-state index is 0.650. The first-order valence-electron chi connectivity index (χ1n) is 6.43. The van der Waals surface area contributed by atoms with Gasteiger partial charge in [0.25, 0.3) is 0 Å². The zero-order chi connectivity index (χ0) is 12.1. The highest BCUT2D eigenvalue weighted by atomic mass is 79.9. The Hall–Kier alpha value is -0.640. The highest BCUT2D eigenvalue weighted by Crippen LogP contribution is 2.27. The van der Waals surface area contributed by atoms with E-state index in [1.54, 1.807) is 12.4 Å². The number of halogens is 1. The second kappa shape index (κ2) is 6.34. The van der Waals surface area contributed by atoms with Gasteiger partial charge in [-0.15, -0.1) is 0 Å². The van der Waals surface area contributed by atoms with E-state index < -0.39 is 0 Å². The fourth-order valence-electron chi connectivity index (χ4n) is 2.63. The molecule has 0 aromatic carbocycles. The molecular formula is C13H20BrN3. The standard InChI is InChI=1S/C13H20BrN3/c1-11-13(16-9-8-15-11)17(10-7-14)12-5-3-2-4-6-12/h8-9,12H,2-7,10H2,1H3. The van der Waals surface area contributed by atoms with E-state index in [0.717, 1.165) is 23.4 Å². The lowest BCUT2D eigenvalue weighted by Gasteiger charge is -2.35. The van der Waals surface area contributed by atoms with Gasteiger partial charge in [0, 0.05) is 30.3 Å². The van der Waals surface area contributed by atoms with Crippen molar-refractivity contribution in [2.24, 2.45) is 0 Å². The van der Waals surface area contributed by atoms with Gasteiger partial charge in [-0.2, -0.15) is 0 Å². The SMILES string of the molecule is Cc1nccnc1N(CCBr)C1CCCCC1. The summed E-state index contributed by atoms with van der Waals surface area (Å²) in [4.78, 5) is 11.3. The van der Waals surface area contributed by atoms with Crippen LogP contribution < -0.4 is 4.90 Å². The van der Waals surface area contributed by atoms with Gasteiger partial charge in [0.1, 0.15) is 5.82 Å². The van der Waals surface area contributed by atoms with Crippen LogP contribution in [0.15, 0.2) is 12.4 Å². The van der Waals surface area contributed by atoms with Crippen LogP contribution >= 0.6 is 15.9 Å². The first-order valence-corrected chi connectivity index (χ1v) is 7.55. The molecule has 1 aromatic rings. The van der Waals surface area contributed by atoms with Gasteiger partial charge in [-0.3, -0.25) is 4.98 Å². The van der Waals surface area contributed by atoms with Crippen LogP contribution in [0.25, 0.3) is 0 Å². The van der Waals surface area contributed by atoms with Gasteiger partial charge in [-0.1, -0.05) is 35.2 Å². The van der Waals surface area contributed by atoms with Crippen molar-refractivity contribution >= 4 is 21.7 Å². The topological polar surface area (TPSA) is 29.0 Å². The molecule has 94 valence electrons. The molecule has 1 aromatic heterocycles. The van der Waals surface area contributed by atoms with E-state index in [9.17, 15) is 0 Å². The average molecular weight is 298 g/mol. The Morgan fingerprint density at radius 1 is 1.24 bits per heavy atom. The summed E-state index contributed by atoms with van der Waals surface area (Å²) in [6, 6.07) is 0.650. The number of anilines is 1. The molecule has 4 heteroatoms. The summed E-state index contributed by atoms with van der Waals surface area (Å²) in [5.74, 6) is 1.07. The first kappa shape index (κ1) is 12.8. The number of rotatable bonds is 4. The van der Waals surface area contributed by atoms with Crippen LogP contribution in [0.1, 0.15) is 37.8 Å². The zero-order valence-electron chi connectivity index (χ0n) is 10.4. The van der Waals surface area contributed by atoms with Crippen molar-refractivity contribution in [3.63, 3.8) is 0 Å². The van der Waals surface area contributed by atoms with Crippen molar-refractivity contribution in [3.8, 4) is 0 Å². The lowest BCUT2D eigenvalue weighted by molar-refractivity contribution is 0.416. The van der Waals surface area contributed by atoms with Gasteiger partial charge in [-0.25, -0.2) is 4.98 Å². The van der Waals surface area contributed by atoms with Crippen molar-refractivity contribution in [1.29, 1.82) is 0 Å². The molecule has 0 amide bonds. The predicted molar refractivity (Wildman–Crippen MR) is 74.8 cm³/mol. The molecule has 0 spiro atoms. The maximum atomic E-state index is 4.52. The summed E-state index contributed by atoms with van der Waals surface area (Å²) in [6.45, 7) is 3.07. The van der Waals surface area contributed by atoms with Crippen LogP contribution in [-0.4, -0.2) is 27.9 Å². The molecule has 0 N–H and O–H groups in total. The molecule has 17 heavy (non-hydrogen) atoms. The molecule has 0 bridgehead atoms. The minimum Gasteiger partial charge on any atom is -0.351 e. The normalized spacial score (nSPS) is 17.1. The van der Waals surface area contributed by atoms with E-state index in [1.165, 1.54) is 32.1 Å². The third-order valence-corrected chi connectivity index (χ3v) is 3.82. The molecule has 1 aliphatic carbocycles. The number of aromatic nitrogens is 2. The fourth-order valence-corrected chi connectivity index (χ4v) is 3.01. The quantitative estimate of drug-likeness (QED) is 0.799. The molecule has 0 saturated heterocycles. The molecule has 3 nitrogen and oxygen atoms in total. The van der Waals surface area contributed by atoms with E-state index in [4.69, 9.17) is 0 Å². The molecule has 2 rings (SSSR count). The van der Waals surface area contributed by atoms with E-state index in [2.05, 4.69) is 30.8 Å². The summed E-state index contributed by atoms with van der Waals surface area (Å²) in [6.07, 6.45) is 10.2. The zero-order valence-corrected chi connectivity index (χ0v) is 12.0. The Bertz CT molecular complexity index is 350. The minimum absolute atomic E-state index is 0.650. The molecule has 1 aliphatic rings. The predicted octanol–water partition coefficient (Wildman–Crippen LogP) is 3.32. The molecule has 0 atom stereocenters. The summed E-state index contributed by atoms with van der Waals surface area (Å²) >= 11 is 3.55. The van der Waals surface area contributed by atoms with Crippen molar-refractivity contribution in [2.75, 3.05) is 16.8 Å². The van der Waals surface area contributed by atoms with Crippen molar-refractivity contribution < 1.29 is 0 Å². The lowest BCUT2D eigenvalue weighted by Crippen LogP contribution is -2.39. The first-order chi connectivity index (χ1) is 8.33. The van der Waals surface area contributed by atoms with E-state index in [1.807, 2.05) is 6.92 Å². The second-order valence-corrected chi connectivity index (χ2v) is 5.43. The third kappa shape index (κ3) is 3.18. The summed E-state index contributed by atoms with van der Waals surface area (Å²) < 4.78 is 0. The van der Waals surface area contributed by atoms with Gasteiger partial charge >= 0.3 is 0 Å². The maximum Gasteiger partial charge on any atom is 0.150 e. The molecule has 1 saturated carbocycles. The van der Waals surface area contributed by atoms with Crippen LogP contribution in [0.3, 0.4) is 0 Å². The van der Waals surface area contributed by atoms with Gasteiger partial charge in [0.15, 0.2) is 0 Å². The second-order valence-electron chi connectivity index (χ2n) is 4.64. The average Bonchev–Trinajstić information content (AvgIpc) is 2.38. The third-order valence-electron chi connectivity index (χ3n) is 3.47. The number of hydrogen-bond donors (Lipinski definition) is 0. The highest BCUT2D eigenvalue weighted by Gasteiger charge is 2.23. The van der Waals surface area contributed by atoms with Crippen molar-refractivity contribution in [2.45, 2.75) is 45.1 Å². The van der Waals surface area contributed by atoms with Gasteiger partial charge < -0.3 is 4.90 Å². The summed E-state index contributed by atoms with van der Waals surface area (Å²) in [7, 11) is 0. The van der Waals surface area contributed by atoms with E-state index in [-0.39, 0.29) is 0 Å². The Kier molecular flexibility index (Phi) is 4.77.